The van der Waals surface area contributed by atoms with Crippen LogP contribution in [-0.4, -0.2) is 15.8 Å². The molecule has 2 N–H and O–H groups in total. The van der Waals surface area contributed by atoms with Gasteiger partial charge in [0.15, 0.2) is 10.9 Å². The average Bonchev–Trinajstić information content (AvgIpc) is 2.61. The van der Waals surface area contributed by atoms with E-state index < -0.39 is 11.0 Å². The molecule has 1 aliphatic heterocycles. The molecule has 1 unspecified atom stereocenters. The third-order valence-electron chi connectivity index (χ3n) is 4.31. The molecule has 132 valence electrons. The fourth-order valence-corrected chi connectivity index (χ4v) is 3.26. The fourth-order valence-electron chi connectivity index (χ4n) is 2.99. The van der Waals surface area contributed by atoms with E-state index in [4.69, 9.17) is 12.2 Å². The van der Waals surface area contributed by atoms with Gasteiger partial charge < -0.3 is 10.6 Å². The van der Waals surface area contributed by atoms with Crippen molar-refractivity contribution >= 4 is 28.8 Å². The van der Waals surface area contributed by atoms with Crippen LogP contribution < -0.4 is 10.6 Å². The number of nitro benzene ring substituents is 1. The molecule has 2 aromatic rings. The molecule has 0 aliphatic carbocycles. The molecule has 6 nitrogen and oxygen atoms in total. The molecule has 0 saturated carbocycles. The van der Waals surface area contributed by atoms with Crippen LogP contribution >= 0.6 is 12.2 Å². The number of benzene rings is 2. The Morgan fingerprint density at radius 3 is 2.50 bits per heavy atom. The Morgan fingerprint density at radius 1 is 1.15 bits per heavy atom. The number of allylic oxidation sites excluding steroid dienone is 1. The topological polar surface area (TPSA) is 84.3 Å². The molecule has 0 radical (unpaired) electrons. The highest BCUT2D eigenvalue weighted by Gasteiger charge is 2.31. The number of hydrogen-bond donors (Lipinski definition) is 2. The number of nitrogens with one attached hydrogen (secondary N) is 2. The molecule has 7 heteroatoms. The number of nitro groups is 1. The normalized spacial score (nSPS) is 16.7. The van der Waals surface area contributed by atoms with Gasteiger partial charge in [-0.25, -0.2) is 0 Å². The number of ketones is 1. The van der Waals surface area contributed by atoms with Crippen molar-refractivity contribution in [1.29, 1.82) is 0 Å². The minimum atomic E-state index is -0.559. The molecule has 1 aliphatic rings. The van der Waals surface area contributed by atoms with Crippen LogP contribution in [0.3, 0.4) is 0 Å². The van der Waals surface area contributed by atoms with Gasteiger partial charge in [-0.2, -0.15) is 0 Å². The first-order chi connectivity index (χ1) is 12.4. The van der Waals surface area contributed by atoms with Gasteiger partial charge >= 0.3 is 0 Å². The molecular weight excluding hydrogens is 350 g/mol. The van der Waals surface area contributed by atoms with Crippen LogP contribution in [0.25, 0.3) is 0 Å². The SMILES string of the molecule is CC1=C(C(=O)c2ccccc2)C(c2ccc(C)c([N+](=O)[O-])c2)NC(=S)N1. The molecule has 0 amide bonds. The van der Waals surface area contributed by atoms with E-state index in [0.717, 1.165) is 0 Å². The molecule has 0 spiro atoms. The van der Waals surface area contributed by atoms with Crippen molar-refractivity contribution in [3.05, 3.63) is 86.6 Å². The van der Waals surface area contributed by atoms with E-state index in [1.165, 1.54) is 6.07 Å². The van der Waals surface area contributed by atoms with Crippen LogP contribution in [0.2, 0.25) is 0 Å². The van der Waals surface area contributed by atoms with Gasteiger partial charge in [-0.15, -0.1) is 0 Å². The number of thiocarbonyl (C=S) groups is 1. The number of aryl methyl sites for hydroxylation is 1. The van der Waals surface area contributed by atoms with Crippen molar-refractivity contribution in [2.45, 2.75) is 19.9 Å². The number of Topliss-reactive ketones (excluding diaryl/α,β-unsaturated/α-hetero) is 1. The largest absolute Gasteiger partial charge is 0.351 e. The molecule has 26 heavy (non-hydrogen) atoms. The fraction of sp³-hybridized carbons (Fsp3) is 0.158. The third kappa shape index (κ3) is 3.34. The second kappa shape index (κ2) is 7.05. The Labute approximate surface area is 156 Å². The summed E-state index contributed by atoms with van der Waals surface area (Å²) in [5.41, 5.74) is 2.86. The Morgan fingerprint density at radius 2 is 1.85 bits per heavy atom. The second-order valence-corrected chi connectivity index (χ2v) is 6.48. The Hall–Kier alpha value is -3.06. The van der Waals surface area contributed by atoms with E-state index in [-0.39, 0.29) is 11.5 Å². The monoisotopic (exact) mass is 367 g/mol. The summed E-state index contributed by atoms with van der Waals surface area (Å²) in [6.45, 7) is 3.46. The smallest absolute Gasteiger partial charge is 0.272 e. The van der Waals surface area contributed by atoms with E-state index in [0.29, 0.717) is 33.1 Å². The Balaban J connectivity index is 2.11. The van der Waals surface area contributed by atoms with Crippen LogP contribution in [0.15, 0.2) is 59.8 Å². The number of carbonyl (C=O) groups excluding carboxylic acids is 1. The summed E-state index contributed by atoms with van der Waals surface area (Å²) in [4.78, 5) is 23.9. The van der Waals surface area contributed by atoms with Crippen molar-refractivity contribution in [2.24, 2.45) is 0 Å². The van der Waals surface area contributed by atoms with Gasteiger partial charge in [0.05, 0.1) is 11.0 Å². The standard InChI is InChI=1S/C19H17N3O3S/c1-11-8-9-14(10-15(11)22(24)25)17-16(12(2)20-19(26)21-17)18(23)13-6-4-3-5-7-13/h3-10,17H,1-2H3,(H2,20,21,26). The first-order valence-electron chi connectivity index (χ1n) is 8.01. The molecule has 0 aromatic heterocycles. The van der Waals surface area contributed by atoms with Crippen LogP contribution in [0.4, 0.5) is 5.69 Å². The minimum Gasteiger partial charge on any atom is -0.351 e. The van der Waals surface area contributed by atoms with E-state index in [1.807, 2.05) is 6.07 Å². The van der Waals surface area contributed by atoms with Crippen LogP contribution in [-0.2, 0) is 0 Å². The predicted octanol–water partition coefficient (Wildman–Crippen LogP) is 3.58. The zero-order valence-corrected chi connectivity index (χ0v) is 15.1. The van der Waals surface area contributed by atoms with Gasteiger partial charge in [-0.1, -0.05) is 42.5 Å². The molecule has 2 aromatic carbocycles. The molecule has 0 bridgehead atoms. The van der Waals surface area contributed by atoms with Crippen LogP contribution in [0.5, 0.6) is 0 Å². The summed E-state index contributed by atoms with van der Waals surface area (Å²) in [7, 11) is 0. The van der Waals surface area contributed by atoms with E-state index >= 15 is 0 Å². The summed E-state index contributed by atoms with van der Waals surface area (Å²) in [6, 6.07) is 13.3. The third-order valence-corrected chi connectivity index (χ3v) is 4.53. The zero-order valence-electron chi connectivity index (χ0n) is 14.3. The molecule has 1 heterocycles. The molecular formula is C19H17N3O3S. The number of rotatable bonds is 4. The zero-order chi connectivity index (χ0) is 18.8. The Bertz CT molecular complexity index is 938. The van der Waals surface area contributed by atoms with E-state index in [2.05, 4.69) is 10.6 Å². The summed E-state index contributed by atoms with van der Waals surface area (Å²) >= 11 is 5.22. The van der Waals surface area contributed by atoms with Crippen molar-refractivity contribution in [2.75, 3.05) is 0 Å². The number of hydrogen-bond acceptors (Lipinski definition) is 4. The number of nitrogens with zero attached hydrogens (tertiary/aromatic N) is 1. The highest BCUT2D eigenvalue weighted by Crippen LogP contribution is 2.32. The highest BCUT2D eigenvalue weighted by molar-refractivity contribution is 7.80. The minimum absolute atomic E-state index is 0.0120. The average molecular weight is 367 g/mol. The van der Waals surface area contributed by atoms with Gasteiger partial charge in [0.1, 0.15) is 0 Å². The lowest BCUT2D eigenvalue weighted by atomic mass is 9.89. The summed E-state index contributed by atoms with van der Waals surface area (Å²) in [6.07, 6.45) is 0. The first kappa shape index (κ1) is 17.8. The molecule has 3 rings (SSSR count). The maximum Gasteiger partial charge on any atom is 0.272 e. The lowest BCUT2D eigenvalue weighted by Crippen LogP contribution is -2.44. The van der Waals surface area contributed by atoms with Crippen molar-refractivity contribution in [3.63, 3.8) is 0 Å². The lowest BCUT2D eigenvalue weighted by Gasteiger charge is -2.30. The van der Waals surface area contributed by atoms with Gasteiger partial charge in [0.25, 0.3) is 5.69 Å². The predicted molar refractivity (Wildman–Crippen MR) is 103 cm³/mol. The lowest BCUT2D eigenvalue weighted by molar-refractivity contribution is -0.385. The van der Waals surface area contributed by atoms with E-state index in [9.17, 15) is 14.9 Å². The quantitative estimate of drug-likeness (QED) is 0.372. The van der Waals surface area contributed by atoms with Gasteiger partial charge in [-0.05, 0) is 31.6 Å². The number of carbonyl (C=O) groups is 1. The van der Waals surface area contributed by atoms with Gasteiger partial charge in [-0.3, -0.25) is 14.9 Å². The summed E-state index contributed by atoms with van der Waals surface area (Å²) in [5.74, 6) is -0.154. The molecule has 0 saturated heterocycles. The van der Waals surface area contributed by atoms with Crippen molar-refractivity contribution < 1.29 is 9.72 Å². The van der Waals surface area contributed by atoms with Crippen molar-refractivity contribution in [1.82, 2.24) is 10.6 Å². The van der Waals surface area contributed by atoms with Crippen LogP contribution in [0.1, 0.15) is 34.5 Å². The maximum atomic E-state index is 13.1. The molecule has 1 atom stereocenters. The van der Waals surface area contributed by atoms with Crippen molar-refractivity contribution in [3.8, 4) is 0 Å². The second-order valence-electron chi connectivity index (χ2n) is 6.07. The first-order valence-corrected chi connectivity index (χ1v) is 8.42. The highest BCUT2D eigenvalue weighted by atomic mass is 32.1. The van der Waals surface area contributed by atoms with Gasteiger partial charge in [0.2, 0.25) is 0 Å². The van der Waals surface area contributed by atoms with E-state index in [1.54, 1.807) is 50.2 Å². The Kier molecular flexibility index (Phi) is 4.81. The summed E-state index contributed by atoms with van der Waals surface area (Å²) in [5, 5.41) is 17.7. The summed E-state index contributed by atoms with van der Waals surface area (Å²) < 4.78 is 0. The van der Waals surface area contributed by atoms with Crippen LogP contribution in [0, 0.1) is 17.0 Å². The molecule has 0 fully saturated rings. The van der Waals surface area contributed by atoms with Gasteiger partial charge in [0, 0.05) is 28.5 Å². The maximum absolute atomic E-state index is 13.1.